The third kappa shape index (κ3) is 12.0. The third-order valence-corrected chi connectivity index (χ3v) is 18.8. The second-order valence-electron chi connectivity index (χ2n) is 20.0. The van der Waals surface area contributed by atoms with Crippen LogP contribution in [-0.4, -0.2) is 46.9 Å². The molecule has 12 rings (SSSR count). The van der Waals surface area contributed by atoms with Crippen molar-refractivity contribution in [2.75, 3.05) is 7.11 Å². The molecule has 1 aromatic heterocycles. The van der Waals surface area contributed by atoms with Crippen molar-refractivity contribution in [3.05, 3.63) is 266 Å². The minimum Gasteiger partial charge on any atom is -0.497 e. The molecule has 0 unspecified atom stereocenters. The molecule has 0 fully saturated rings. The van der Waals surface area contributed by atoms with Crippen LogP contribution in [0, 0.1) is 6.92 Å². The lowest BCUT2D eigenvalue weighted by Crippen LogP contribution is -2.02. The lowest BCUT2D eigenvalue weighted by Gasteiger charge is -2.16. The normalized spacial score (nSPS) is 11.7. The van der Waals surface area contributed by atoms with E-state index >= 15 is 0 Å². The summed E-state index contributed by atoms with van der Waals surface area (Å²) in [6.07, 6.45) is 0. The average molecular weight is 1190 g/mol. The van der Waals surface area contributed by atoms with Gasteiger partial charge in [-0.2, -0.15) is 8.42 Å². The van der Waals surface area contributed by atoms with E-state index in [0.29, 0.717) is 51.3 Å². The second-order valence-corrected chi connectivity index (χ2v) is 25.3. The molecule has 424 valence electrons. The van der Waals surface area contributed by atoms with E-state index in [-0.39, 0.29) is 24.5 Å². The zero-order valence-electron chi connectivity index (χ0n) is 46.0. The van der Waals surface area contributed by atoms with Crippen LogP contribution in [0.5, 0.6) is 40.2 Å². The molecular formula is C70H50N2O11S3. The molecule has 0 aliphatic rings. The van der Waals surface area contributed by atoms with Crippen molar-refractivity contribution >= 4 is 40.8 Å². The Morgan fingerprint density at radius 2 is 0.651 bits per heavy atom. The Morgan fingerprint density at radius 1 is 0.326 bits per heavy atom. The molecule has 1 N–H and O–H groups in total. The zero-order valence-corrected chi connectivity index (χ0v) is 48.4. The van der Waals surface area contributed by atoms with Gasteiger partial charge in [0, 0.05) is 22.3 Å². The van der Waals surface area contributed by atoms with Crippen LogP contribution < -0.4 is 18.9 Å². The van der Waals surface area contributed by atoms with Gasteiger partial charge < -0.3 is 18.9 Å². The lowest BCUT2D eigenvalue weighted by atomic mass is 9.95. The van der Waals surface area contributed by atoms with Crippen LogP contribution in [-0.2, 0) is 29.8 Å². The maximum Gasteiger partial charge on any atom is 0.294 e. The maximum atomic E-state index is 14.0. The van der Waals surface area contributed by atoms with Crippen LogP contribution in [0.3, 0.4) is 0 Å². The highest BCUT2D eigenvalue weighted by molar-refractivity contribution is 7.91. The van der Waals surface area contributed by atoms with E-state index in [2.05, 4.69) is 0 Å². The van der Waals surface area contributed by atoms with Gasteiger partial charge in [-0.3, -0.25) is 4.55 Å². The number of aromatic nitrogens is 2. The molecule has 0 aliphatic heterocycles. The molecule has 0 saturated heterocycles. The van der Waals surface area contributed by atoms with Crippen molar-refractivity contribution < 1.29 is 48.8 Å². The quantitative estimate of drug-likeness (QED) is 0.0850. The van der Waals surface area contributed by atoms with Crippen molar-refractivity contribution in [1.29, 1.82) is 0 Å². The summed E-state index contributed by atoms with van der Waals surface area (Å²) in [5, 5.41) is 0. The molecule has 11 aromatic carbocycles. The number of hydrogen-bond donors (Lipinski definition) is 1. The van der Waals surface area contributed by atoms with Gasteiger partial charge in [0.25, 0.3) is 10.1 Å². The number of fused-ring (bicyclic) bond motifs is 1. The van der Waals surface area contributed by atoms with E-state index in [9.17, 15) is 29.8 Å². The van der Waals surface area contributed by atoms with Gasteiger partial charge in [0.15, 0.2) is 0 Å². The lowest BCUT2D eigenvalue weighted by molar-refractivity contribution is 0.415. The summed E-state index contributed by atoms with van der Waals surface area (Å²) in [6.45, 7) is 1.88. The highest BCUT2D eigenvalue weighted by atomic mass is 32.2. The van der Waals surface area contributed by atoms with E-state index in [1.54, 1.807) is 86.0 Å². The van der Waals surface area contributed by atoms with Gasteiger partial charge in [-0.15, -0.1) is 0 Å². The fourth-order valence-corrected chi connectivity index (χ4v) is 12.7. The maximum absolute atomic E-state index is 14.0. The predicted octanol–water partition coefficient (Wildman–Crippen LogP) is 16.6. The van der Waals surface area contributed by atoms with Crippen LogP contribution >= 0.6 is 0 Å². The smallest absolute Gasteiger partial charge is 0.294 e. The van der Waals surface area contributed by atoms with Gasteiger partial charge >= 0.3 is 0 Å². The molecule has 0 aliphatic carbocycles. The Balaban J connectivity index is 0.769. The molecule has 86 heavy (non-hydrogen) atoms. The molecule has 1 heterocycles. The molecule has 0 bridgehead atoms. The van der Waals surface area contributed by atoms with Gasteiger partial charge in [-0.25, -0.2) is 26.8 Å². The standard InChI is InChI=1S/C70H50N2O11S3/c1-46-12-32-58(33-13-46)84(73,74)60-38-28-57(29-39-60)83-68-43-21-52(45-64(68)48-18-34-62(35-19-48)86(77,78)79)51-20-42-67(63(44-51)47-8-4-3-5-9-47)82-56-30-40-61(41-31-56)85(75,76)59-36-26-55(27-37-59)81-54-24-16-50(17-25-54)70-69(49-14-22-53(80-2)23-15-49)71-65-10-6-7-11-66(65)72-70/h3-45H,1-2H3,(H,77,78,79). The molecule has 12 aromatic rings. The summed E-state index contributed by atoms with van der Waals surface area (Å²) < 4.78 is 113. The summed E-state index contributed by atoms with van der Waals surface area (Å²) in [4.78, 5) is 10.1. The molecule has 0 radical (unpaired) electrons. The fraction of sp³-hybridized carbons (Fsp3) is 0.0286. The Kier molecular flexibility index (Phi) is 15.3. The zero-order chi connectivity index (χ0) is 59.6. The van der Waals surface area contributed by atoms with Gasteiger partial charge in [0.2, 0.25) is 19.7 Å². The molecular weight excluding hydrogens is 1140 g/mol. The van der Waals surface area contributed by atoms with Crippen LogP contribution in [0.25, 0.3) is 66.9 Å². The van der Waals surface area contributed by atoms with Gasteiger partial charge in [-0.1, -0.05) is 84.4 Å². The van der Waals surface area contributed by atoms with Crippen LogP contribution in [0.4, 0.5) is 0 Å². The van der Waals surface area contributed by atoms with E-state index in [1.807, 2.05) is 140 Å². The van der Waals surface area contributed by atoms with Crippen molar-refractivity contribution in [2.24, 2.45) is 0 Å². The summed E-state index contributed by atoms with van der Waals surface area (Å²) in [5.41, 5.74) is 9.88. The SMILES string of the molecule is COc1ccc(-c2nc3ccccc3nc2-c2ccc(Oc3ccc(S(=O)(=O)c4ccc(Oc5ccc(-c6ccc(Oc7ccc(S(=O)(=O)c8ccc(C)cc8)cc7)c(-c7ccc(S(=O)(=O)O)cc7)c6)cc5-c5ccccc5)cc4)cc3)cc2)cc1. The van der Waals surface area contributed by atoms with Crippen molar-refractivity contribution in [2.45, 2.75) is 31.4 Å². The topological polar surface area (TPSA) is 185 Å². The number of rotatable bonds is 17. The number of hydrogen-bond acceptors (Lipinski definition) is 12. The van der Waals surface area contributed by atoms with Crippen LogP contribution in [0.2, 0.25) is 0 Å². The van der Waals surface area contributed by atoms with Gasteiger partial charge in [0.05, 0.1) is 54.0 Å². The number of benzene rings is 11. The third-order valence-electron chi connectivity index (χ3n) is 14.3. The van der Waals surface area contributed by atoms with Crippen molar-refractivity contribution in [3.63, 3.8) is 0 Å². The highest BCUT2D eigenvalue weighted by Gasteiger charge is 2.22. The Bertz CT molecular complexity index is 4820. The van der Waals surface area contributed by atoms with Crippen LogP contribution in [0.1, 0.15) is 5.56 Å². The number of methoxy groups -OCH3 is 1. The van der Waals surface area contributed by atoms with Gasteiger partial charge in [0.1, 0.15) is 40.2 Å². The molecule has 13 nitrogen and oxygen atoms in total. The number of aryl methyl sites for hydroxylation is 1. The monoisotopic (exact) mass is 1190 g/mol. The minimum atomic E-state index is -4.48. The molecule has 0 amide bonds. The average Bonchev–Trinajstić information content (AvgIpc) is 3.35. The Hall–Kier alpha value is -10.2. The predicted molar refractivity (Wildman–Crippen MR) is 331 cm³/mol. The second kappa shape index (κ2) is 23.4. The highest BCUT2D eigenvalue weighted by Crippen LogP contribution is 2.42. The largest absolute Gasteiger partial charge is 0.497 e. The summed E-state index contributed by atoms with van der Waals surface area (Å²) in [7, 11) is -10.6. The van der Waals surface area contributed by atoms with E-state index in [4.69, 9.17) is 28.9 Å². The molecule has 0 atom stereocenters. The minimum absolute atomic E-state index is 0.0671. The first-order valence-electron chi connectivity index (χ1n) is 26.9. The number of para-hydroxylation sites is 2. The van der Waals surface area contributed by atoms with Crippen molar-refractivity contribution in [1.82, 2.24) is 9.97 Å². The number of sulfone groups is 2. The molecule has 0 saturated carbocycles. The number of ether oxygens (including phenoxy) is 4. The Morgan fingerprint density at radius 3 is 1.06 bits per heavy atom. The van der Waals surface area contributed by atoms with E-state index in [0.717, 1.165) is 61.4 Å². The first-order chi connectivity index (χ1) is 41.5. The first kappa shape index (κ1) is 56.3. The summed E-state index contributed by atoms with van der Waals surface area (Å²) in [6, 6.07) is 74.6. The summed E-state index contributed by atoms with van der Waals surface area (Å²) in [5.74, 6) is 3.35. The van der Waals surface area contributed by atoms with Gasteiger partial charge in [-0.05, 0) is 211 Å². The van der Waals surface area contributed by atoms with E-state index < -0.39 is 29.8 Å². The molecule has 0 spiro atoms. The van der Waals surface area contributed by atoms with Crippen molar-refractivity contribution in [3.8, 4) is 96.1 Å². The first-order valence-corrected chi connectivity index (χ1v) is 31.3. The number of nitrogens with zero attached hydrogens (tertiary/aromatic N) is 2. The summed E-state index contributed by atoms with van der Waals surface area (Å²) >= 11 is 0. The Labute approximate surface area is 497 Å². The van der Waals surface area contributed by atoms with E-state index in [1.165, 1.54) is 48.5 Å². The fourth-order valence-electron chi connectivity index (χ4n) is 9.74. The van der Waals surface area contributed by atoms with Crippen LogP contribution in [0.15, 0.2) is 285 Å². The molecule has 16 heteroatoms.